The second-order valence-electron chi connectivity index (χ2n) is 25.2. The van der Waals surface area contributed by atoms with Crippen LogP contribution in [0.2, 0.25) is 0 Å². The van der Waals surface area contributed by atoms with Crippen LogP contribution in [0.3, 0.4) is 0 Å². The first kappa shape index (κ1) is 93.7. The van der Waals surface area contributed by atoms with Crippen LogP contribution >= 0.6 is 15.6 Å². The molecule has 0 radical (unpaired) electrons. The number of aliphatic hydroxyl groups is 1. The summed E-state index contributed by atoms with van der Waals surface area (Å²) in [6, 6.07) is 0. The largest absolute Gasteiger partial charge is 0.472 e. The molecule has 5 atom stereocenters. The van der Waals surface area contributed by atoms with Gasteiger partial charge in [-0.1, -0.05) is 265 Å². The number of allylic oxidation sites excluding steroid dienone is 18. The zero-order valence-corrected chi connectivity index (χ0v) is 63.2. The van der Waals surface area contributed by atoms with Gasteiger partial charge in [-0.3, -0.25) is 37.3 Å². The normalized spacial score (nSPS) is 14.6. The lowest BCUT2D eigenvalue weighted by atomic mass is 10.0. The summed E-state index contributed by atoms with van der Waals surface area (Å²) in [5.74, 6) is -2.25. The number of hydrogen-bond donors (Lipinski definition) is 3. The number of hydrogen-bond acceptors (Lipinski definition) is 15. The maximum absolute atomic E-state index is 13.1. The highest BCUT2D eigenvalue weighted by molar-refractivity contribution is 7.47. The molecule has 0 aromatic carbocycles. The van der Waals surface area contributed by atoms with Crippen LogP contribution in [0.1, 0.15) is 310 Å². The summed E-state index contributed by atoms with van der Waals surface area (Å²) in [4.78, 5) is 72.8. The number of rotatable bonds is 71. The van der Waals surface area contributed by atoms with Crippen molar-refractivity contribution in [1.29, 1.82) is 0 Å². The average molecular weight is 1420 g/mol. The molecule has 19 heteroatoms. The van der Waals surface area contributed by atoms with Crippen LogP contribution in [0.5, 0.6) is 0 Å². The fourth-order valence-electron chi connectivity index (χ4n) is 9.96. The van der Waals surface area contributed by atoms with E-state index in [0.29, 0.717) is 25.7 Å². The molecule has 0 aromatic rings. The molecule has 0 aliphatic carbocycles. The molecule has 0 heterocycles. The van der Waals surface area contributed by atoms with Crippen molar-refractivity contribution in [2.45, 2.75) is 329 Å². The number of carbonyl (C=O) groups is 4. The summed E-state index contributed by atoms with van der Waals surface area (Å²) in [7, 11) is -9.96. The Morgan fingerprint density at radius 1 is 0.296 bits per heavy atom. The lowest BCUT2D eigenvalue weighted by molar-refractivity contribution is -0.161. The van der Waals surface area contributed by atoms with Gasteiger partial charge in [-0.05, 0) is 128 Å². The molecule has 0 spiro atoms. The molecule has 0 aliphatic heterocycles. The lowest BCUT2D eigenvalue weighted by Crippen LogP contribution is -2.30. The van der Waals surface area contributed by atoms with Crippen molar-refractivity contribution in [3.8, 4) is 0 Å². The van der Waals surface area contributed by atoms with E-state index in [1.165, 1.54) is 77.0 Å². The molecule has 564 valence electrons. The predicted molar refractivity (Wildman–Crippen MR) is 399 cm³/mol. The van der Waals surface area contributed by atoms with Crippen LogP contribution in [-0.4, -0.2) is 96.7 Å². The Kier molecular flexibility index (Phi) is 68.0. The van der Waals surface area contributed by atoms with Gasteiger partial charge in [0.05, 0.1) is 26.4 Å². The van der Waals surface area contributed by atoms with Crippen molar-refractivity contribution in [3.63, 3.8) is 0 Å². The quantitative estimate of drug-likeness (QED) is 0.0169. The summed E-state index contributed by atoms with van der Waals surface area (Å²) in [6.45, 7) is 4.56. The third-order valence-corrected chi connectivity index (χ3v) is 17.6. The Hall–Kier alpha value is -4.28. The molecule has 5 unspecified atom stereocenters. The molecule has 0 aromatic heterocycles. The van der Waals surface area contributed by atoms with Crippen LogP contribution in [0, 0.1) is 0 Å². The Morgan fingerprint density at radius 2 is 0.531 bits per heavy atom. The van der Waals surface area contributed by atoms with Gasteiger partial charge in [-0.25, -0.2) is 9.13 Å². The van der Waals surface area contributed by atoms with Crippen LogP contribution in [-0.2, 0) is 65.4 Å². The summed E-state index contributed by atoms with van der Waals surface area (Å²) in [6.07, 6.45) is 75.1. The van der Waals surface area contributed by atoms with Gasteiger partial charge in [0.25, 0.3) is 0 Å². The molecule has 98 heavy (non-hydrogen) atoms. The van der Waals surface area contributed by atoms with E-state index in [1.807, 2.05) is 0 Å². The maximum atomic E-state index is 13.1. The molecule has 0 bridgehead atoms. The van der Waals surface area contributed by atoms with E-state index >= 15 is 0 Å². The number of ether oxygens (including phenoxy) is 4. The van der Waals surface area contributed by atoms with Crippen molar-refractivity contribution < 1.29 is 80.2 Å². The predicted octanol–water partition coefficient (Wildman–Crippen LogP) is 21.8. The average Bonchev–Trinajstić information content (AvgIpc) is 0.969. The van der Waals surface area contributed by atoms with Crippen molar-refractivity contribution in [2.24, 2.45) is 0 Å². The van der Waals surface area contributed by atoms with E-state index in [9.17, 15) is 43.2 Å². The number of carbonyl (C=O) groups excluding carboxylic acids is 4. The second-order valence-corrected chi connectivity index (χ2v) is 28.1. The first-order valence-corrected chi connectivity index (χ1v) is 41.1. The van der Waals surface area contributed by atoms with Crippen LogP contribution < -0.4 is 0 Å². The smallest absolute Gasteiger partial charge is 0.462 e. The van der Waals surface area contributed by atoms with Gasteiger partial charge < -0.3 is 33.8 Å². The number of aliphatic hydroxyl groups excluding tert-OH is 1. The number of unbranched alkanes of at least 4 members (excludes halogenated alkanes) is 27. The topological polar surface area (TPSA) is 237 Å². The molecule has 0 aliphatic rings. The molecule has 0 amide bonds. The van der Waals surface area contributed by atoms with E-state index in [1.54, 1.807) is 0 Å². The Bertz CT molecular complexity index is 2290. The summed E-state index contributed by atoms with van der Waals surface area (Å²) < 4.78 is 68.4. The Labute approximate surface area is 594 Å². The van der Waals surface area contributed by atoms with E-state index in [2.05, 4.69) is 137 Å². The third-order valence-electron chi connectivity index (χ3n) is 15.7. The summed E-state index contributed by atoms with van der Waals surface area (Å²) >= 11 is 0. The SMILES string of the molecule is CC/C=C\C/C=C\C/C=C\C/C=C\CCCCCCC(=O)OCC(COP(=O)(O)OCC(O)COP(=O)(O)OCC(COC(=O)CCCC/C=C\C/C=C\C/C=C\C/C=C\CC)OC(=O)CCCCCCC/C=C\CCCCCC)OC(=O)CCCCCCCCCCCCCCC. The molecule has 0 saturated heterocycles. The highest BCUT2D eigenvalue weighted by atomic mass is 31.2. The van der Waals surface area contributed by atoms with Crippen LogP contribution in [0.15, 0.2) is 109 Å². The van der Waals surface area contributed by atoms with Crippen molar-refractivity contribution >= 4 is 39.5 Å². The number of phosphoric ester groups is 2. The molecule has 17 nitrogen and oxygen atoms in total. The van der Waals surface area contributed by atoms with Gasteiger partial charge in [-0.15, -0.1) is 0 Å². The zero-order chi connectivity index (χ0) is 71.8. The molecule has 0 fully saturated rings. The van der Waals surface area contributed by atoms with Gasteiger partial charge in [-0.2, -0.15) is 0 Å². The minimum atomic E-state index is -4.98. The lowest BCUT2D eigenvalue weighted by Gasteiger charge is -2.21. The second kappa shape index (κ2) is 71.1. The Balaban J connectivity index is 5.38. The fraction of sp³-hybridized carbons (Fsp3) is 0.722. The summed E-state index contributed by atoms with van der Waals surface area (Å²) in [5.41, 5.74) is 0. The van der Waals surface area contributed by atoms with Gasteiger partial charge in [0.15, 0.2) is 12.2 Å². The zero-order valence-electron chi connectivity index (χ0n) is 61.4. The van der Waals surface area contributed by atoms with E-state index in [4.69, 9.17) is 37.0 Å². The minimum absolute atomic E-state index is 0.0748. The highest BCUT2D eigenvalue weighted by Gasteiger charge is 2.30. The minimum Gasteiger partial charge on any atom is -0.462 e. The molecular formula is C79H136O17P2. The molecule has 0 saturated carbocycles. The number of phosphoric acid groups is 2. The summed E-state index contributed by atoms with van der Waals surface area (Å²) in [5, 5.41) is 10.6. The Morgan fingerprint density at radius 3 is 0.857 bits per heavy atom. The fourth-order valence-corrected chi connectivity index (χ4v) is 11.5. The molecule has 0 rings (SSSR count). The van der Waals surface area contributed by atoms with Gasteiger partial charge in [0, 0.05) is 25.7 Å². The van der Waals surface area contributed by atoms with Crippen molar-refractivity contribution in [3.05, 3.63) is 109 Å². The highest BCUT2D eigenvalue weighted by Crippen LogP contribution is 2.45. The first-order valence-electron chi connectivity index (χ1n) is 38.1. The standard InChI is InChI=1S/C79H136O17P2/c1-5-9-13-17-21-25-29-33-35-36-38-42-44-48-52-56-60-64-77(82)90-70-75(96-79(84)66-62-58-54-50-46-40-32-28-24-20-16-12-8-4)72-94-98(87,88)92-68-73(80)67-91-97(85,86)93-71-74(95-78(83)65-61-57-53-49-45-39-31-27-23-19-15-11-7-3)69-89-76(81)63-59-55-51-47-43-41-37-34-30-26-22-18-14-10-6-2/h9-10,13-14,21-22,25-27,31,33-35,37-38,42-43,47,73-75,80H,5-8,11-12,15-20,23-24,28-30,32,36,39-41,44-46,48-72H2,1-4H3,(H,85,86)(H,87,88)/b13-9-,14-10-,25-21-,26-22-,31-27-,35-33-,37-34-,42-38-,47-43-. The van der Waals surface area contributed by atoms with Gasteiger partial charge in [0.2, 0.25) is 0 Å². The van der Waals surface area contributed by atoms with Crippen molar-refractivity contribution in [2.75, 3.05) is 39.6 Å². The monoisotopic (exact) mass is 1420 g/mol. The van der Waals surface area contributed by atoms with E-state index in [-0.39, 0.29) is 25.7 Å². The number of esters is 4. The van der Waals surface area contributed by atoms with Gasteiger partial charge >= 0.3 is 39.5 Å². The first-order chi connectivity index (χ1) is 47.7. The molecular weight excluding hydrogens is 1280 g/mol. The third kappa shape index (κ3) is 70.2. The maximum Gasteiger partial charge on any atom is 0.472 e. The van der Waals surface area contributed by atoms with E-state index in [0.717, 1.165) is 154 Å². The van der Waals surface area contributed by atoms with Crippen molar-refractivity contribution in [1.82, 2.24) is 0 Å². The van der Waals surface area contributed by atoms with E-state index < -0.39 is 97.5 Å². The van der Waals surface area contributed by atoms with Crippen LogP contribution in [0.25, 0.3) is 0 Å². The van der Waals surface area contributed by atoms with Crippen LogP contribution in [0.4, 0.5) is 0 Å². The molecule has 3 N–H and O–H groups in total. The van der Waals surface area contributed by atoms with Gasteiger partial charge in [0.1, 0.15) is 19.3 Å².